The number of benzene rings is 1. The van der Waals surface area contributed by atoms with Crippen molar-refractivity contribution >= 4 is 17.7 Å². The van der Waals surface area contributed by atoms with Crippen LogP contribution < -0.4 is 4.74 Å². The Hall–Kier alpha value is -1.52. The van der Waals surface area contributed by atoms with Crippen molar-refractivity contribution in [2.75, 3.05) is 27.2 Å². The Morgan fingerprint density at radius 2 is 1.85 bits per heavy atom. The predicted octanol–water partition coefficient (Wildman–Crippen LogP) is 5.23. The zero-order valence-electron chi connectivity index (χ0n) is 16.2. The number of hydrogen-bond acceptors (Lipinski definition) is 3. The molecule has 0 aliphatic heterocycles. The van der Waals surface area contributed by atoms with Gasteiger partial charge < -0.3 is 14.5 Å². The van der Waals surface area contributed by atoms with E-state index < -0.39 is 0 Å². The number of allylic oxidation sites excluding steroid dienone is 1. The summed E-state index contributed by atoms with van der Waals surface area (Å²) in [4.78, 5) is 16.4. The highest BCUT2D eigenvalue weighted by Crippen LogP contribution is 2.28. The van der Waals surface area contributed by atoms with Gasteiger partial charge in [-0.2, -0.15) is 0 Å². The Labute approximate surface area is 162 Å². The molecule has 0 unspecified atom stereocenters. The van der Waals surface area contributed by atoms with E-state index in [0.717, 1.165) is 38.8 Å². The minimum atomic E-state index is -0.299. The molecule has 5 heteroatoms. The number of ether oxygens (including phenoxy) is 1. The minimum Gasteiger partial charge on any atom is -0.410 e. The molecule has 0 saturated heterocycles. The number of carbonyl (C=O) groups excluding carboxylic acids is 1. The fourth-order valence-electron chi connectivity index (χ4n) is 3.41. The summed E-state index contributed by atoms with van der Waals surface area (Å²) in [6, 6.07) is 7.12. The monoisotopic (exact) mass is 378 g/mol. The summed E-state index contributed by atoms with van der Waals surface area (Å²) in [5, 5.41) is 0.630. The highest BCUT2D eigenvalue weighted by atomic mass is 35.5. The second kappa shape index (κ2) is 10.6. The van der Waals surface area contributed by atoms with Gasteiger partial charge in [-0.3, -0.25) is 0 Å². The standard InChI is InChI=1S/C21H31ClN2O2/c1-4-15-23(2)16-5-6-17-7-11-19(12-8-17)24(3)21(25)26-20-13-9-18(22)10-14-20/h5-6,9-10,13-14,17,19H,4,7-8,11-12,15-16H2,1-3H3/t17-,19-. The Kier molecular flexibility index (Phi) is 8.46. The maximum Gasteiger partial charge on any atom is 0.415 e. The molecule has 1 amide bonds. The number of hydrogen-bond donors (Lipinski definition) is 0. The Balaban J connectivity index is 1.75. The van der Waals surface area contributed by atoms with Crippen LogP contribution in [0.2, 0.25) is 5.02 Å². The minimum absolute atomic E-state index is 0.252. The average Bonchev–Trinajstić information content (AvgIpc) is 2.64. The topological polar surface area (TPSA) is 32.8 Å². The van der Waals surface area contributed by atoms with Crippen LogP contribution in [-0.2, 0) is 0 Å². The highest BCUT2D eigenvalue weighted by Gasteiger charge is 2.26. The molecular formula is C21H31ClN2O2. The maximum absolute atomic E-state index is 12.3. The van der Waals surface area contributed by atoms with Crippen LogP contribution in [0.25, 0.3) is 0 Å². The van der Waals surface area contributed by atoms with Gasteiger partial charge in [0.05, 0.1) is 0 Å². The number of carbonyl (C=O) groups is 1. The second-order valence-corrected chi connectivity index (χ2v) is 7.63. The van der Waals surface area contributed by atoms with E-state index in [4.69, 9.17) is 16.3 Å². The lowest BCUT2D eigenvalue weighted by Gasteiger charge is -2.33. The second-order valence-electron chi connectivity index (χ2n) is 7.19. The van der Waals surface area contributed by atoms with Crippen LogP contribution in [0.1, 0.15) is 39.0 Å². The summed E-state index contributed by atoms with van der Waals surface area (Å²) in [5.74, 6) is 1.15. The fraction of sp³-hybridized carbons (Fsp3) is 0.571. The predicted molar refractivity (Wildman–Crippen MR) is 108 cm³/mol. The highest BCUT2D eigenvalue weighted by molar-refractivity contribution is 6.30. The van der Waals surface area contributed by atoms with Gasteiger partial charge in [0.1, 0.15) is 5.75 Å². The molecule has 0 heterocycles. The van der Waals surface area contributed by atoms with E-state index in [1.807, 2.05) is 7.05 Å². The molecule has 0 atom stereocenters. The molecule has 1 aromatic rings. The molecule has 26 heavy (non-hydrogen) atoms. The lowest BCUT2D eigenvalue weighted by atomic mass is 9.85. The van der Waals surface area contributed by atoms with E-state index in [0.29, 0.717) is 16.7 Å². The van der Waals surface area contributed by atoms with E-state index >= 15 is 0 Å². The number of likely N-dealkylation sites (N-methyl/N-ethyl adjacent to an activating group) is 1. The van der Waals surface area contributed by atoms with Crippen molar-refractivity contribution in [1.82, 2.24) is 9.80 Å². The van der Waals surface area contributed by atoms with Gasteiger partial charge in [0.2, 0.25) is 0 Å². The zero-order valence-corrected chi connectivity index (χ0v) is 16.9. The zero-order chi connectivity index (χ0) is 18.9. The maximum atomic E-state index is 12.3. The fourth-order valence-corrected chi connectivity index (χ4v) is 3.54. The third kappa shape index (κ3) is 6.65. The molecule has 1 aliphatic carbocycles. The number of nitrogens with zero attached hydrogens (tertiary/aromatic N) is 2. The number of amides is 1. The molecule has 1 aromatic carbocycles. The first-order chi connectivity index (χ1) is 12.5. The van der Waals surface area contributed by atoms with Gasteiger partial charge in [0.25, 0.3) is 0 Å². The van der Waals surface area contributed by atoms with E-state index in [9.17, 15) is 4.79 Å². The Bertz CT molecular complexity index is 580. The van der Waals surface area contributed by atoms with Crippen molar-refractivity contribution in [2.24, 2.45) is 5.92 Å². The van der Waals surface area contributed by atoms with Gasteiger partial charge in [-0.25, -0.2) is 4.79 Å². The molecule has 0 spiro atoms. The molecule has 4 nitrogen and oxygen atoms in total. The summed E-state index contributed by atoms with van der Waals surface area (Å²) >= 11 is 5.86. The lowest BCUT2D eigenvalue weighted by molar-refractivity contribution is 0.128. The first-order valence-corrected chi connectivity index (χ1v) is 9.92. The van der Waals surface area contributed by atoms with Crippen molar-refractivity contribution in [3.05, 3.63) is 41.4 Å². The van der Waals surface area contributed by atoms with Gasteiger partial charge in [0.15, 0.2) is 0 Å². The van der Waals surface area contributed by atoms with E-state index in [2.05, 4.69) is 31.0 Å². The molecule has 1 saturated carbocycles. The molecule has 0 N–H and O–H groups in total. The van der Waals surface area contributed by atoms with Crippen LogP contribution in [0, 0.1) is 5.92 Å². The van der Waals surface area contributed by atoms with Crippen molar-refractivity contribution in [3.8, 4) is 5.75 Å². The summed E-state index contributed by atoms with van der Waals surface area (Å²) in [6.07, 6.45) is 9.82. The summed E-state index contributed by atoms with van der Waals surface area (Å²) in [6.45, 7) is 4.36. The molecule has 0 radical (unpaired) electrons. The number of rotatable bonds is 7. The van der Waals surface area contributed by atoms with Crippen LogP contribution >= 0.6 is 11.6 Å². The first-order valence-electron chi connectivity index (χ1n) is 9.55. The summed E-state index contributed by atoms with van der Waals surface area (Å²) in [5.41, 5.74) is 0. The summed E-state index contributed by atoms with van der Waals surface area (Å²) < 4.78 is 5.43. The third-order valence-electron chi connectivity index (χ3n) is 5.03. The van der Waals surface area contributed by atoms with Crippen molar-refractivity contribution < 1.29 is 9.53 Å². The van der Waals surface area contributed by atoms with Gasteiger partial charge in [-0.15, -0.1) is 0 Å². The van der Waals surface area contributed by atoms with Crippen LogP contribution in [-0.4, -0.2) is 49.1 Å². The van der Waals surface area contributed by atoms with E-state index in [1.165, 1.54) is 6.42 Å². The Morgan fingerprint density at radius 3 is 2.46 bits per heavy atom. The molecule has 2 rings (SSSR count). The lowest BCUT2D eigenvalue weighted by Crippen LogP contribution is -2.40. The number of halogens is 1. The van der Waals surface area contributed by atoms with Crippen LogP contribution in [0.15, 0.2) is 36.4 Å². The summed E-state index contributed by atoms with van der Waals surface area (Å²) in [7, 11) is 3.99. The van der Waals surface area contributed by atoms with E-state index in [-0.39, 0.29) is 12.1 Å². The van der Waals surface area contributed by atoms with Crippen LogP contribution in [0.3, 0.4) is 0 Å². The van der Waals surface area contributed by atoms with Crippen molar-refractivity contribution in [1.29, 1.82) is 0 Å². The third-order valence-corrected chi connectivity index (χ3v) is 5.28. The normalized spacial score (nSPS) is 20.5. The van der Waals surface area contributed by atoms with E-state index in [1.54, 1.807) is 29.2 Å². The van der Waals surface area contributed by atoms with Crippen molar-refractivity contribution in [2.45, 2.75) is 45.1 Å². The molecule has 0 aromatic heterocycles. The van der Waals surface area contributed by atoms with Crippen LogP contribution in [0.5, 0.6) is 5.75 Å². The quantitative estimate of drug-likeness (QED) is 0.609. The SMILES string of the molecule is CCCN(C)CC=C[C@H]1CC[C@H](N(C)C(=O)Oc2ccc(Cl)cc2)CC1. The molecule has 0 bridgehead atoms. The molecule has 144 valence electrons. The molecule has 1 fully saturated rings. The average molecular weight is 379 g/mol. The van der Waals surface area contributed by atoms with Gasteiger partial charge >= 0.3 is 6.09 Å². The molecule has 1 aliphatic rings. The van der Waals surface area contributed by atoms with Crippen LogP contribution in [0.4, 0.5) is 4.79 Å². The van der Waals surface area contributed by atoms with Gasteiger partial charge in [0, 0.05) is 24.7 Å². The Morgan fingerprint density at radius 1 is 1.19 bits per heavy atom. The van der Waals surface area contributed by atoms with Gasteiger partial charge in [-0.05, 0) is 75.9 Å². The van der Waals surface area contributed by atoms with Crippen molar-refractivity contribution in [3.63, 3.8) is 0 Å². The first kappa shape index (κ1) is 20.8. The largest absolute Gasteiger partial charge is 0.415 e. The van der Waals surface area contributed by atoms with Gasteiger partial charge in [-0.1, -0.05) is 30.7 Å². The molecular weight excluding hydrogens is 348 g/mol. The smallest absolute Gasteiger partial charge is 0.410 e.